The molecule has 0 N–H and O–H groups in total. The highest BCUT2D eigenvalue weighted by molar-refractivity contribution is 6.34. The number of halogens is 5. The Balaban J connectivity index is 2.83. The van der Waals surface area contributed by atoms with Gasteiger partial charge in [0.15, 0.2) is 0 Å². The lowest BCUT2D eigenvalue weighted by Crippen LogP contribution is -2.12. The van der Waals surface area contributed by atoms with Crippen LogP contribution in [0.25, 0.3) is 10.9 Å². The Morgan fingerprint density at radius 1 is 1.22 bits per heavy atom. The van der Waals surface area contributed by atoms with Crippen molar-refractivity contribution >= 4 is 22.5 Å². The van der Waals surface area contributed by atoms with Gasteiger partial charge < -0.3 is 0 Å². The lowest BCUT2D eigenvalue weighted by atomic mass is 10.1. The molecule has 0 unspecified atom stereocenters. The molecule has 2 rings (SSSR count). The molecule has 0 fully saturated rings. The van der Waals surface area contributed by atoms with Crippen LogP contribution in [0.1, 0.15) is 18.3 Å². The number of aryl methyl sites for hydroxylation is 1. The number of nitrogens with zero attached hydrogens (tertiary/aromatic N) is 2. The molecule has 0 saturated heterocycles. The molecule has 96 valence electrons. The van der Waals surface area contributed by atoms with Gasteiger partial charge in [-0.2, -0.15) is 13.2 Å². The van der Waals surface area contributed by atoms with Crippen molar-refractivity contribution in [3.05, 3.63) is 34.5 Å². The van der Waals surface area contributed by atoms with Crippen LogP contribution in [0.15, 0.2) is 12.1 Å². The standard InChI is InChI=1S/C11H7ClF4N2/c1-2-5-3-6(13)4-7-8(5)17-10(11(14,15)16)18-9(7)12/h3-4H,2H2,1H3. The smallest absolute Gasteiger partial charge is 0.224 e. The molecule has 0 amide bonds. The van der Waals surface area contributed by atoms with Gasteiger partial charge in [-0.3, -0.25) is 0 Å². The maximum absolute atomic E-state index is 13.3. The van der Waals surface area contributed by atoms with Crippen LogP contribution in [-0.2, 0) is 12.6 Å². The van der Waals surface area contributed by atoms with Gasteiger partial charge in [-0.25, -0.2) is 14.4 Å². The highest BCUT2D eigenvalue weighted by Gasteiger charge is 2.35. The van der Waals surface area contributed by atoms with Crippen LogP contribution in [-0.4, -0.2) is 9.97 Å². The zero-order valence-electron chi connectivity index (χ0n) is 9.15. The Labute approximate surface area is 105 Å². The van der Waals surface area contributed by atoms with Crippen LogP contribution < -0.4 is 0 Å². The number of aromatic nitrogens is 2. The predicted octanol–water partition coefficient (Wildman–Crippen LogP) is 4.00. The van der Waals surface area contributed by atoms with Crippen molar-refractivity contribution in [1.29, 1.82) is 0 Å². The van der Waals surface area contributed by atoms with Gasteiger partial charge in [0.05, 0.1) is 5.52 Å². The van der Waals surface area contributed by atoms with Gasteiger partial charge in [-0.05, 0) is 24.1 Å². The van der Waals surface area contributed by atoms with Gasteiger partial charge >= 0.3 is 6.18 Å². The summed E-state index contributed by atoms with van der Waals surface area (Å²) < 4.78 is 50.9. The van der Waals surface area contributed by atoms with Crippen molar-refractivity contribution in [1.82, 2.24) is 9.97 Å². The van der Waals surface area contributed by atoms with Crippen molar-refractivity contribution in [2.24, 2.45) is 0 Å². The third-order valence-electron chi connectivity index (χ3n) is 2.43. The van der Waals surface area contributed by atoms with Crippen LogP contribution in [0.2, 0.25) is 5.15 Å². The van der Waals surface area contributed by atoms with Crippen molar-refractivity contribution in [3.63, 3.8) is 0 Å². The van der Waals surface area contributed by atoms with Crippen molar-refractivity contribution in [2.75, 3.05) is 0 Å². The van der Waals surface area contributed by atoms with E-state index in [9.17, 15) is 17.6 Å². The summed E-state index contributed by atoms with van der Waals surface area (Å²) in [6, 6.07) is 2.17. The fourth-order valence-electron chi connectivity index (χ4n) is 1.63. The predicted molar refractivity (Wildman–Crippen MR) is 58.9 cm³/mol. The van der Waals surface area contributed by atoms with Gasteiger partial charge in [-0.15, -0.1) is 0 Å². The summed E-state index contributed by atoms with van der Waals surface area (Å²) in [6.45, 7) is 1.69. The Morgan fingerprint density at radius 3 is 2.44 bits per heavy atom. The molecule has 1 aromatic heterocycles. The zero-order valence-corrected chi connectivity index (χ0v) is 9.90. The lowest BCUT2D eigenvalue weighted by molar-refractivity contribution is -0.144. The molecular formula is C11H7ClF4N2. The molecule has 0 saturated carbocycles. The summed E-state index contributed by atoms with van der Waals surface area (Å²) >= 11 is 5.65. The van der Waals surface area contributed by atoms with E-state index in [-0.39, 0.29) is 10.9 Å². The quantitative estimate of drug-likeness (QED) is 0.582. The summed E-state index contributed by atoms with van der Waals surface area (Å²) in [4.78, 5) is 6.58. The summed E-state index contributed by atoms with van der Waals surface area (Å²) in [7, 11) is 0. The average Bonchev–Trinajstić information content (AvgIpc) is 2.27. The number of rotatable bonds is 1. The molecule has 18 heavy (non-hydrogen) atoms. The highest BCUT2D eigenvalue weighted by Crippen LogP contribution is 2.31. The van der Waals surface area contributed by atoms with Crippen molar-refractivity contribution in [3.8, 4) is 0 Å². The Bertz CT molecular complexity index is 610. The topological polar surface area (TPSA) is 25.8 Å². The second-order valence-electron chi connectivity index (χ2n) is 3.65. The fourth-order valence-corrected chi connectivity index (χ4v) is 1.85. The number of fused-ring (bicyclic) bond motifs is 1. The fraction of sp³-hybridized carbons (Fsp3) is 0.273. The second kappa shape index (κ2) is 4.35. The molecular weight excluding hydrogens is 272 g/mol. The van der Waals surface area contributed by atoms with Crippen LogP contribution in [0.3, 0.4) is 0 Å². The number of hydrogen-bond donors (Lipinski definition) is 0. The van der Waals surface area contributed by atoms with E-state index in [1.165, 1.54) is 0 Å². The molecule has 0 aliphatic rings. The lowest BCUT2D eigenvalue weighted by Gasteiger charge is -2.10. The molecule has 0 aliphatic heterocycles. The second-order valence-corrected chi connectivity index (χ2v) is 4.01. The molecule has 2 aromatic rings. The maximum Gasteiger partial charge on any atom is 0.451 e. The first-order valence-corrected chi connectivity index (χ1v) is 5.43. The normalized spacial score (nSPS) is 12.1. The molecule has 1 heterocycles. The van der Waals surface area contributed by atoms with Crippen LogP contribution in [0.5, 0.6) is 0 Å². The van der Waals surface area contributed by atoms with E-state index in [0.717, 1.165) is 12.1 Å². The van der Waals surface area contributed by atoms with E-state index >= 15 is 0 Å². The Hall–Kier alpha value is -1.43. The SMILES string of the molecule is CCc1cc(F)cc2c(Cl)nc(C(F)(F)F)nc12. The summed E-state index contributed by atoms with van der Waals surface area (Å²) in [6.07, 6.45) is -4.34. The molecule has 1 aromatic carbocycles. The number of alkyl halides is 3. The van der Waals surface area contributed by atoms with E-state index in [1.54, 1.807) is 6.92 Å². The van der Waals surface area contributed by atoms with Crippen LogP contribution in [0.4, 0.5) is 17.6 Å². The largest absolute Gasteiger partial charge is 0.451 e. The molecule has 7 heteroatoms. The highest BCUT2D eigenvalue weighted by atomic mass is 35.5. The van der Waals surface area contributed by atoms with Gasteiger partial charge in [0.25, 0.3) is 0 Å². The molecule has 0 atom stereocenters. The van der Waals surface area contributed by atoms with E-state index < -0.39 is 23.0 Å². The summed E-state index contributed by atoms with van der Waals surface area (Å²) in [5.41, 5.74) is 0.394. The van der Waals surface area contributed by atoms with E-state index in [0.29, 0.717) is 12.0 Å². The maximum atomic E-state index is 13.3. The third-order valence-corrected chi connectivity index (χ3v) is 2.72. The number of hydrogen-bond acceptors (Lipinski definition) is 2. The van der Waals surface area contributed by atoms with Gasteiger partial charge in [0.2, 0.25) is 5.82 Å². The first kappa shape index (κ1) is 13.0. The molecule has 2 nitrogen and oxygen atoms in total. The summed E-state index contributed by atoms with van der Waals surface area (Å²) in [5.74, 6) is -1.90. The van der Waals surface area contributed by atoms with E-state index in [4.69, 9.17) is 11.6 Å². The molecule has 0 radical (unpaired) electrons. The number of benzene rings is 1. The van der Waals surface area contributed by atoms with Gasteiger partial charge in [-0.1, -0.05) is 18.5 Å². The van der Waals surface area contributed by atoms with Crippen LogP contribution >= 0.6 is 11.6 Å². The van der Waals surface area contributed by atoms with E-state index in [2.05, 4.69) is 9.97 Å². The monoisotopic (exact) mass is 278 g/mol. The minimum atomic E-state index is -4.68. The van der Waals surface area contributed by atoms with Gasteiger partial charge in [0, 0.05) is 5.39 Å². The van der Waals surface area contributed by atoms with Crippen molar-refractivity contribution < 1.29 is 17.6 Å². The van der Waals surface area contributed by atoms with Gasteiger partial charge in [0.1, 0.15) is 11.0 Å². The van der Waals surface area contributed by atoms with E-state index in [1.807, 2.05) is 0 Å². The Kier molecular flexibility index (Phi) is 3.14. The minimum absolute atomic E-state index is 0.0335. The third kappa shape index (κ3) is 2.25. The van der Waals surface area contributed by atoms with Crippen LogP contribution in [0, 0.1) is 5.82 Å². The zero-order chi connectivity index (χ0) is 13.5. The summed E-state index contributed by atoms with van der Waals surface area (Å²) in [5, 5.41) is -0.317. The molecule has 0 bridgehead atoms. The first-order valence-electron chi connectivity index (χ1n) is 5.05. The van der Waals surface area contributed by atoms with Crippen molar-refractivity contribution in [2.45, 2.75) is 19.5 Å². The molecule has 0 aliphatic carbocycles. The Morgan fingerprint density at radius 2 is 1.89 bits per heavy atom. The first-order chi connectivity index (χ1) is 8.32. The minimum Gasteiger partial charge on any atom is -0.224 e. The molecule has 0 spiro atoms. The average molecular weight is 279 g/mol.